The molecular weight excluding hydrogens is 296 g/mol. The number of benzene rings is 1. The van der Waals surface area contributed by atoms with Gasteiger partial charge in [-0.15, -0.1) is 10.2 Å². The van der Waals surface area contributed by atoms with Crippen molar-refractivity contribution in [1.82, 2.24) is 10.2 Å². The van der Waals surface area contributed by atoms with Crippen LogP contribution < -0.4 is 11.1 Å². The summed E-state index contributed by atoms with van der Waals surface area (Å²) in [4.78, 5) is 12.2. The number of anilines is 1. The summed E-state index contributed by atoms with van der Waals surface area (Å²) < 4.78 is 0. The first kappa shape index (κ1) is 15.1. The van der Waals surface area contributed by atoms with Crippen LogP contribution >= 0.6 is 11.3 Å². The summed E-state index contributed by atoms with van der Waals surface area (Å²) >= 11 is 1.41. The predicted molar refractivity (Wildman–Crippen MR) is 87.9 cm³/mol. The molecule has 3 rings (SSSR count). The lowest BCUT2D eigenvalue weighted by atomic mass is 9.98. The number of aromatic nitrogens is 2. The molecule has 0 atom stereocenters. The second kappa shape index (κ2) is 6.14. The Morgan fingerprint density at radius 3 is 2.64 bits per heavy atom. The van der Waals surface area contributed by atoms with Gasteiger partial charge in [0.2, 0.25) is 11.0 Å². The molecule has 0 saturated heterocycles. The molecule has 0 radical (unpaired) electrons. The summed E-state index contributed by atoms with van der Waals surface area (Å²) in [5.74, 6) is -0.136. The minimum Gasteiger partial charge on any atom is -0.317 e. The number of aryl methyl sites for hydroxylation is 1. The first-order valence-electron chi connectivity index (χ1n) is 7.53. The first-order chi connectivity index (χ1) is 10.5. The van der Waals surface area contributed by atoms with E-state index in [1.807, 2.05) is 0 Å². The lowest BCUT2D eigenvalue weighted by Gasteiger charge is -2.20. The Morgan fingerprint density at radius 2 is 1.95 bits per heavy atom. The normalized spacial score (nSPS) is 16.6. The van der Waals surface area contributed by atoms with Crippen LogP contribution in [-0.4, -0.2) is 21.6 Å². The highest BCUT2D eigenvalue weighted by Crippen LogP contribution is 2.29. The van der Waals surface area contributed by atoms with E-state index in [0.29, 0.717) is 5.13 Å². The number of hydrogen-bond acceptors (Lipinski definition) is 5. The second-order valence-electron chi connectivity index (χ2n) is 5.98. The van der Waals surface area contributed by atoms with E-state index in [0.717, 1.165) is 37.1 Å². The molecule has 3 N–H and O–H groups in total. The Kier molecular flexibility index (Phi) is 4.22. The quantitative estimate of drug-likeness (QED) is 0.908. The van der Waals surface area contributed by atoms with Crippen molar-refractivity contribution in [2.75, 3.05) is 5.32 Å². The monoisotopic (exact) mass is 316 g/mol. The number of hydrogen-bond donors (Lipinski definition) is 2. The zero-order chi connectivity index (χ0) is 15.6. The van der Waals surface area contributed by atoms with Crippen molar-refractivity contribution in [3.8, 4) is 0 Å². The van der Waals surface area contributed by atoms with E-state index < -0.39 is 5.54 Å². The molecule has 1 saturated carbocycles. The van der Waals surface area contributed by atoms with Crippen LogP contribution in [0.15, 0.2) is 24.3 Å². The van der Waals surface area contributed by atoms with Gasteiger partial charge in [0.1, 0.15) is 5.01 Å². The fourth-order valence-corrected chi connectivity index (χ4v) is 3.48. The third kappa shape index (κ3) is 3.34. The highest BCUT2D eigenvalue weighted by atomic mass is 32.1. The topological polar surface area (TPSA) is 80.9 Å². The number of carbonyl (C=O) groups is 1. The summed E-state index contributed by atoms with van der Waals surface area (Å²) in [5, 5.41) is 12.4. The van der Waals surface area contributed by atoms with Crippen molar-refractivity contribution in [2.24, 2.45) is 5.73 Å². The zero-order valence-electron chi connectivity index (χ0n) is 12.6. The maximum Gasteiger partial charge on any atom is 0.246 e. The van der Waals surface area contributed by atoms with Crippen molar-refractivity contribution < 1.29 is 4.79 Å². The molecule has 0 unspecified atom stereocenters. The molecule has 1 fully saturated rings. The maximum absolute atomic E-state index is 12.2. The van der Waals surface area contributed by atoms with E-state index in [4.69, 9.17) is 5.73 Å². The smallest absolute Gasteiger partial charge is 0.246 e. The maximum atomic E-state index is 12.2. The molecule has 22 heavy (non-hydrogen) atoms. The van der Waals surface area contributed by atoms with Crippen LogP contribution in [0.3, 0.4) is 0 Å². The average Bonchev–Trinajstić information content (AvgIpc) is 3.12. The standard InChI is InChI=1S/C16H20N4OS/c1-11-4-6-12(7-5-11)10-13-19-20-15(22-13)18-14(21)16(17)8-2-3-9-16/h4-7H,2-3,8-10,17H2,1H3,(H,18,20,21). The van der Waals surface area contributed by atoms with Crippen LogP contribution in [-0.2, 0) is 11.2 Å². The number of nitrogens with zero attached hydrogens (tertiary/aromatic N) is 2. The van der Waals surface area contributed by atoms with Crippen LogP contribution in [0.4, 0.5) is 5.13 Å². The van der Waals surface area contributed by atoms with Crippen molar-refractivity contribution in [1.29, 1.82) is 0 Å². The van der Waals surface area contributed by atoms with Gasteiger partial charge in [-0.25, -0.2) is 0 Å². The second-order valence-corrected chi connectivity index (χ2v) is 7.04. The third-order valence-corrected chi connectivity index (χ3v) is 4.95. The molecule has 1 aromatic carbocycles. The minimum atomic E-state index is -0.733. The highest BCUT2D eigenvalue weighted by Gasteiger charge is 2.37. The SMILES string of the molecule is Cc1ccc(Cc2nnc(NC(=O)C3(N)CCCC3)s2)cc1. The molecule has 0 aliphatic heterocycles. The Balaban J connectivity index is 1.63. The molecule has 0 bridgehead atoms. The van der Waals surface area contributed by atoms with Crippen LogP contribution in [0.5, 0.6) is 0 Å². The Bertz CT molecular complexity index is 659. The van der Waals surface area contributed by atoms with Crippen molar-refractivity contribution in [3.63, 3.8) is 0 Å². The first-order valence-corrected chi connectivity index (χ1v) is 8.35. The van der Waals surface area contributed by atoms with Crippen LogP contribution in [0, 0.1) is 6.92 Å². The van der Waals surface area contributed by atoms with Crippen molar-refractivity contribution >= 4 is 22.4 Å². The van der Waals surface area contributed by atoms with Gasteiger partial charge in [-0.3, -0.25) is 10.1 Å². The number of nitrogens with two attached hydrogens (primary N) is 1. The molecule has 1 aliphatic rings. The van der Waals surface area contributed by atoms with E-state index in [1.165, 1.54) is 22.5 Å². The van der Waals surface area contributed by atoms with Gasteiger partial charge in [-0.05, 0) is 25.3 Å². The molecule has 1 heterocycles. The molecule has 0 spiro atoms. The van der Waals surface area contributed by atoms with Crippen molar-refractivity contribution in [3.05, 3.63) is 40.4 Å². The van der Waals surface area contributed by atoms with E-state index in [1.54, 1.807) is 0 Å². The summed E-state index contributed by atoms with van der Waals surface area (Å²) in [6.07, 6.45) is 4.24. The summed E-state index contributed by atoms with van der Waals surface area (Å²) in [6.45, 7) is 2.06. The van der Waals surface area contributed by atoms with Crippen LogP contribution in [0.2, 0.25) is 0 Å². The Labute approximate surface area is 134 Å². The molecule has 5 nitrogen and oxygen atoms in total. The largest absolute Gasteiger partial charge is 0.317 e. The van der Waals surface area contributed by atoms with Gasteiger partial charge in [0.25, 0.3) is 0 Å². The molecule has 6 heteroatoms. The van der Waals surface area contributed by atoms with Gasteiger partial charge in [0.05, 0.1) is 5.54 Å². The summed E-state index contributed by atoms with van der Waals surface area (Å²) in [5.41, 5.74) is 7.83. The molecule has 2 aromatic rings. The summed E-state index contributed by atoms with van der Waals surface area (Å²) in [6, 6.07) is 8.33. The fraction of sp³-hybridized carbons (Fsp3) is 0.438. The lowest BCUT2D eigenvalue weighted by molar-refractivity contribution is -0.121. The molecule has 1 aromatic heterocycles. The predicted octanol–water partition coefficient (Wildman–Crippen LogP) is 2.65. The number of carbonyl (C=O) groups excluding carboxylic acids is 1. The average molecular weight is 316 g/mol. The fourth-order valence-electron chi connectivity index (χ4n) is 2.71. The Hall–Kier alpha value is -1.79. The van der Waals surface area contributed by atoms with Crippen LogP contribution in [0.25, 0.3) is 0 Å². The van der Waals surface area contributed by atoms with Crippen molar-refractivity contribution in [2.45, 2.75) is 44.6 Å². The third-order valence-electron chi connectivity index (χ3n) is 4.11. The van der Waals surface area contributed by atoms with Crippen LogP contribution in [0.1, 0.15) is 41.8 Å². The molecular formula is C16H20N4OS. The number of nitrogens with one attached hydrogen (secondary N) is 1. The van der Waals surface area contributed by atoms with Gasteiger partial charge in [0, 0.05) is 6.42 Å². The van der Waals surface area contributed by atoms with Gasteiger partial charge in [-0.1, -0.05) is 54.0 Å². The number of rotatable bonds is 4. The number of amides is 1. The molecule has 1 amide bonds. The Morgan fingerprint density at radius 1 is 1.27 bits per heavy atom. The molecule has 116 valence electrons. The van der Waals surface area contributed by atoms with E-state index >= 15 is 0 Å². The van der Waals surface area contributed by atoms with Gasteiger partial charge >= 0.3 is 0 Å². The van der Waals surface area contributed by atoms with Gasteiger partial charge in [-0.2, -0.15) is 0 Å². The zero-order valence-corrected chi connectivity index (χ0v) is 13.4. The minimum absolute atomic E-state index is 0.136. The van der Waals surface area contributed by atoms with E-state index in [2.05, 4.69) is 46.7 Å². The van der Waals surface area contributed by atoms with E-state index in [-0.39, 0.29) is 5.91 Å². The van der Waals surface area contributed by atoms with E-state index in [9.17, 15) is 4.79 Å². The van der Waals surface area contributed by atoms with Gasteiger partial charge < -0.3 is 5.73 Å². The summed E-state index contributed by atoms with van der Waals surface area (Å²) in [7, 11) is 0. The highest BCUT2D eigenvalue weighted by molar-refractivity contribution is 7.15. The molecule has 1 aliphatic carbocycles. The lowest BCUT2D eigenvalue weighted by Crippen LogP contribution is -2.48. The van der Waals surface area contributed by atoms with Gasteiger partial charge in [0.15, 0.2) is 0 Å².